The summed E-state index contributed by atoms with van der Waals surface area (Å²) in [5, 5.41) is 8.37. The van der Waals surface area contributed by atoms with Gasteiger partial charge in [0, 0.05) is 25.2 Å². The molecule has 6 heteroatoms. The van der Waals surface area contributed by atoms with Crippen LogP contribution in [0, 0.1) is 6.92 Å². The average molecular weight is 365 g/mol. The van der Waals surface area contributed by atoms with Gasteiger partial charge >= 0.3 is 0 Å². The minimum absolute atomic E-state index is 0.110. The molecular formula is C21H27N5O. The van der Waals surface area contributed by atoms with Crippen molar-refractivity contribution in [3.63, 3.8) is 0 Å². The van der Waals surface area contributed by atoms with Crippen LogP contribution in [0.3, 0.4) is 0 Å². The molecule has 0 aliphatic rings. The maximum Gasteiger partial charge on any atom is 0.252 e. The zero-order chi connectivity index (χ0) is 19.4. The molecule has 0 spiro atoms. The van der Waals surface area contributed by atoms with Crippen LogP contribution in [0.1, 0.15) is 41.5 Å². The third-order valence-electron chi connectivity index (χ3n) is 5.02. The lowest BCUT2D eigenvalue weighted by Gasteiger charge is -2.30. The normalized spacial score (nSPS) is 12.5. The predicted molar refractivity (Wildman–Crippen MR) is 108 cm³/mol. The molecule has 2 aromatic heterocycles. The van der Waals surface area contributed by atoms with Crippen molar-refractivity contribution in [2.75, 3.05) is 19.6 Å². The van der Waals surface area contributed by atoms with Crippen molar-refractivity contribution in [2.45, 2.75) is 26.8 Å². The Morgan fingerprint density at radius 3 is 2.59 bits per heavy atom. The number of benzene rings is 1. The molecule has 27 heavy (non-hydrogen) atoms. The number of aryl methyl sites for hydroxylation is 2. The number of fused-ring (bicyclic) bond motifs is 1. The van der Waals surface area contributed by atoms with Gasteiger partial charge in [0.1, 0.15) is 0 Å². The van der Waals surface area contributed by atoms with Gasteiger partial charge in [-0.3, -0.25) is 14.4 Å². The summed E-state index contributed by atoms with van der Waals surface area (Å²) in [5.74, 6) is -0.110. The van der Waals surface area contributed by atoms with E-state index in [9.17, 15) is 4.79 Å². The third kappa shape index (κ3) is 4.01. The van der Waals surface area contributed by atoms with Gasteiger partial charge in [-0.25, -0.2) is 4.98 Å². The van der Waals surface area contributed by atoms with Crippen molar-refractivity contribution < 1.29 is 4.79 Å². The van der Waals surface area contributed by atoms with Crippen LogP contribution in [0.5, 0.6) is 0 Å². The molecule has 6 nitrogen and oxygen atoms in total. The van der Waals surface area contributed by atoms with E-state index in [2.05, 4.69) is 46.3 Å². The van der Waals surface area contributed by atoms with E-state index in [4.69, 9.17) is 0 Å². The van der Waals surface area contributed by atoms with E-state index in [-0.39, 0.29) is 11.9 Å². The van der Waals surface area contributed by atoms with Crippen molar-refractivity contribution in [3.05, 3.63) is 59.4 Å². The van der Waals surface area contributed by atoms with Crippen molar-refractivity contribution in [1.29, 1.82) is 0 Å². The number of aromatic nitrogens is 3. The topological polar surface area (TPSA) is 63.1 Å². The smallest absolute Gasteiger partial charge is 0.252 e. The van der Waals surface area contributed by atoms with E-state index in [1.54, 1.807) is 10.9 Å². The first kappa shape index (κ1) is 19.0. The number of nitrogens with one attached hydrogen (secondary N) is 1. The second-order valence-electron chi connectivity index (χ2n) is 6.66. The van der Waals surface area contributed by atoms with E-state index < -0.39 is 0 Å². The summed E-state index contributed by atoms with van der Waals surface area (Å²) in [5.41, 5.74) is 3.43. The lowest BCUT2D eigenvalue weighted by atomic mass is 10.0. The van der Waals surface area contributed by atoms with Crippen molar-refractivity contribution in [1.82, 2.24) is 25.0 Å². The lowest BCUT2D eigenvalue weighted by Crippen LogP contribution is -2.38. The van der Waals surface area contributed by atoms with Crippen LogP contribution in [0.2, 0.25) is 0 Å². The second-order valence-corrected chi connectivity index (χ2v) is 6.66. The van der Waals surface area contributed by atoms with E-state index in [0.29, 0.717) is 12.1 Å². The molecular weight excluding hydrogens is 338 g/mol. The largest absolute Gasteiger partial charge is 0.350 e. The highest BCUT2D eigenvalue weighted by molar-refractivity contribution is 5.97. The van der Waals surface area contributed by atoms with Gasteiger partial charge < -0.3 is 5.32 Å². The summed E-state index contributed by atoms with van der Waals surface area (Å²) in [4.78, 5) is 19.5. The predicted octanol–water partition coefficient (Wildman–Crippen LogP) is 3.09. The Labute approximate surface area is 160 Å². The number of hydrogen-bond donors (Lipinski definition) is 1. The summed E-state index contributed by atoms with van der Waals surface area (Å²) in [7, 11) is 1.86. The molecule has 3 aromatic rings. The number of carbonyl (C=O) groups excluding carboxylic acids is 1. The van der Waals surface area contributed by atoms with Gasteiger partial charge in [0.2, 0.25) is 0 Å². The zero-order valence-corrected chi connectivity index (χ0v) is 16.4. The Hall–Kier alpha value is -2.73. The summed E-state index contributed by atoms with van der Waals surface area (Å²) >= 11 is 0. The average Bonchev–Trinajstić information content (AvgIpc) is 2.99. The molecule has 0 saturated carbocycles. The minimum Gasteiger partial charge on any atom is -0.350 e. The number of nitrogens with zero attached hydrogens (tertiary/aromatic N) is 4. The van der Waals surface area contributed by atoms with Gasteiger partial charge in [-0.2, -0.15) is 5.10 Å². The maximum atomic E-state index is 12.7. The zero-order valence-electron chi connectivity index (χ0n) is 16.4. The summed E-state index contributed by atoms with van der Waals surface area (Å²) in [6.45, 7) is 8.61. The first-order chi connectivity index (χ1) is 13.0. The molecule has 3 rings (SSSR count). The van der Waals surface area contributed by atoms with Gasteiger partial charge in [-0.15, -0.1) is 0 Å². The van der Waals surface area contributed by atoms with Gasteiger partial charge in [-0.05, 0) is 31.6 Å². The highest BCUT2D eigenvalue weighted by Crippen LogP contribution is 2.20. The van der Waals surface area contributed by atoms with Gasteiger partial charge in [0.15, 0.2) is 5.65 Å². The summed E-state index contributed by atoms with van der Waals surface area (Å²) in [6.07, 6.45) is 1.62. The molecule has 0 aliphatic carbocycles. The van der Waals surface area contributed by atoms with Crippen LogP contribution in [0.4, 0.5) is 0 Å². The molecule has 2 heterocycles. The van der Waals surface area contributed by atoms with E-state index in [1.165, 1.54) is 5.56 Å². The molecule has 1 amide bonds. The fourth-order valence-corrected chi connectivity index (χ4v) is 3.52. The number of likely N-dealkylation sites (N-methyl/N-ethyl adjacent to an activating group) is 1. The van der Waals surface area contributed by atoms with Crippen LogP contribution in [-0.4, -0.2) is 45.2 Å². The second kappa shape index (κ2) is 8.31. The summed E-state index contributed by atoms with van der Waals surface area (Å²) < 4.78 is 1.73. The molecule has 0 radical (unpaired) electrons. The molecule has 0 bridgehead atoms. The minimum atomic E-state index is -0.110. The Morgan fingerprint density at radius 1 is 1.22 bits per heavy atom. The van der Waals surface area contributed by atoms with Crippen LogP contribution in [0.15, 0.2) is 42.6 Å². The fourth-order valence-electron chi connectivity index (χ4n) is 3.52. The van der Waals surface area contributed by atoms with Crippen LogP contribution in [-0.2, 0) is 7.05 Å². The number of amides is 1. The third-order valence-corrected chi connectivity index (χ3v) is 5.02. The SMILES string of the molecule is CCN(CC)[C@@H](CNC(=O)c1cnc2c(c1)c(C)nn2C)c1ccccc1. The Kier molecular flexibility index (Phi) is 5.86. The first-order valence-electron chi connectivity index (χ1n) is 9.41. The number of pyridine rings is 1. The van der Waals surface area contributed by atoms with Crippen LogP contribution in [0.25, 0.3) is 11.0 Å². The number of hydrogen-bond acceptors (Lipinski definition) is 4. The Balaban J connectivity index is 1.78. The van der Waals surface area contributed by atoms with Crippen molar-refractivity contribution in [3.8, 4) is 0 Å². The van der Waals surface area contributed by atoms with Crippen molar-refractivity contribution in [2.24, 2.45) is 7.05 Å². The van der Waals surface area contributed by atoms with E-state index >= 15 is 0 Å². The summed E-state index contributed by atoms with van der Waals surface area (Å²) in [6, 6.07) is 12.3. The fraction of sp³-hybridized carbons (Fsp3) is 0.381. The van der Waals surface area contributed by atoms with E-state index in [0.717, 1.165) is 29.8 Å². The first-order valence-corrected chi connectivity index (χ1v) is 9.41. The molecule has 0 fully saturated rings. The highest BCUT2D eigenvalue weighted by atomic mass is 16.1. The molecule has 1 atom stereocenters. The number of carbonyl (C=O) groups is 1. The van der Waals surface area contributed by atoms with E-state index in [1.807, 2.05) is 38.2 Å². The molecule has 0 aliphatic heterocycles. The molecule has 0 saturated heterocycles. The molecule has 1 N–H and O–H groups in total. The quantitative estimate of drug-likeness (QED) is 0.699. The van der Waals surface area contributed by atoms with Gasteiger partial charge in [0.05, 0.1) is 17.3 Å². The van der Waals surface area contributed by atoms with Crippen LogP contribution < -0.4 is 5.32 Å². The van der Waals surface area contributed by atoms with Crippen molar-refractivity contribution >= 4 is 16.9 Å². The Morgan fingerprint density at radius 2 is 1.93 bits per heavy atom. The number of rotatable bonds is 7. The Bertz CT molecular complexity index is 915. The monoisotopic (exact) mass is 365 g/mol. The molecule has 142 valence electrons. The van der Waals surface area contributed by atoms with Crippen LogP contribution >= 0.6 is 0 Å². The van der Waals surface area contributed by atoms with Gasteiger partial charge in [0.25, 0.3) is 5.91 Å². The lowest BCUT2D eigenvalue weighted by molar-refractivity contribution is 0.0934. The molecule has 1 aromatic carbocycles. The molecule has 0 unspecified atom stereocenters. The van der Waals surface area contributed by atoms with Gasteiger partial charge in [-0.1, -0.05) is 44.2 Å². The maximum absolute atomic E-state index is 12.7. The highest BCUT2D eigenvalue weighted by Gasteiger charge is 2.19. The standard InChI is InChI=1S/C21H27N5O/c1-5-26(6-2)19(16-10-8-7-9-11-16)14-23-21(27)17-12-18-15(3)24-25(4)20(18)22-13-17/h7-13,19H,5-6,14H2,1-4H3,(H,23,27)/t19-/m0/s1.